The van der Waals surface area contributed by atoms with Crippen LogP contribution in [-0.4, -0.2) is 20.7 Å². The zero-order chi connectivity index (χ0) is 28.3. The molecule has 9 rings (SSSR count). The third kappa shape index (κ3) is 3.84. The normalized spacial score (nSPS) is 14.4. The molecule has 43 heavy (non-hydrogen) atoms. The number of fused-ring (bicyclic) bond motifs is 9. The molecule has 0 N–H and O–H groups in total. The summed E-state index contributed by atoms with van der Waals surface area (Å²) >= 11 is 0. The van der Waals surface area contributed by atoms with Crippen molar-refractivity contribution in [2.24, 2.45) is 4.99 Å². The summed E-state index contributed by atoms with van der Waals surface area (Å²) in [7, 11) is 0. The predicted octanol–water partition coefficient (Wildman–Crippen LogP) is 9.27. The maximum atomic E-state index is 5.17. The van der Waals surface area contributed by atoms with Crippen molar-refractivity contribution in [1.29, 1.82) is 0 Å². The van der Waals surface area contributed by atoms with E-state index in [1.165, 1.54) is 27.8 Å². The van der Waals surface area contributed by atoms with Gasteiger partial charge in [-0.25, -0.2) is 9.97 Å². The van der Waals surface area contributed by atoms with Gasteiger partial charge in [0, 0.05) is 28.3 Å². The van der Waals surface area contributed by atoms with Crippen molar-refractivity contribution in [2.45, 2.75) is 5.92 Å². The third-order valence-corrected chi connectivity index (χ3v) is 8.58. The van der Waals surface area contributed by atoms with E-state index >= 15 is 0 Å². The molecule has 4 aromatic carbocycles. The summed E-state index contributed by atoms with van der Waals surface area (Å²) in [6.45, 7) is 0. The van der Waals surface area contributed by atoms with Crippen molar-refractivity contribution in [2.75, 3.05) is 0 Å². The molecule has 2 aliphatic rings. The molecule has 0 fully saturated rings. The Kier molecular flexibility index (Phi) is 5.23. The lowest BCUT2D eigenvalue weighted by Crippen LogP contribution is -2.18. The van der Waals surface area contributed by atoms with Gasteiger partial charge in [0.25, 0.3) is 0 Å². The van der Waals surface area contributed by atoms with E-state index in [2.05, 4.69) is 108 Å². The number of para-hydroxylation sites is 2. The highest BCUT2D eigenvalue weighted by molar-refractivity contribution is 6.18. The molecule has 1 atom stereocenters. The van der Waals surface area contributed by atoms with E-state index in [0.29, 0.717) is 0 Å². The number of aromatic nitrogens is 3. The molecular formula is C39H24N4. The smallest absolute Gasteiger partial charge is 0.0893 e. The van der Waals surface area contributed by atoms with Gasteiger partial charge >= 0.3 is 0 Å². The van der Waals surface area contributed by atoms with Gasteiger partial charge < -0.3 is 0 Å². The van der Waals surface area contributed by atoms with Crippen LogP contribution in [0.3, 0.4) is 0 Å². The lowest BCUT2D eigenvalue weighted by Gasteiger charge is -2.28. The SMILES string of the molecule is c1ccc(-c2cccc(-c3ccc4c(c3)-c3cc(-c5ccc6ccccc6n5)ccc3C3C4=Nc4ccccc43)n2)nc1. The molecule has 0 amide bonds. The summed E-state index contributed by atoms with van der Waals surface area (Å²) in [4.78, 5) is 19.7. The average Bonchev–Trinajstić information content (AvgIpc) is 3.48. The van der Waals surface area contributed by atoms with Crippen LogP contribution >= 0.6 is 0 Å². The Morgan fingerprint density at radius 3 is 2.16 bits per heavy atom. The van der Waals surface area contributed by atoms with Crippen LogP contribution < -0.4 is 0 Å². The minimum absolute atomic E-state index is 0.105. The van der Waals surface area contributed by atoms with E-state index in [0.717, 1.165) is 56.2 Å². The molecule has 1 unspecified atom stereocenters. The molecule has 4 nitrogen and oxygen atoms in total. The minimum atomic E-state index is 0.105. The van der Waals surface area contributed by atoms with Crippen molar-refractivity contribution in [3.63, 3.8) is 0 Å². The zero-order valence-electron chi connectivity index (χ0n) is 23.1. The Morgan fingerprint density at radius 1 is 0.465 bits per heavy atom. The van der Waals surface area contributed by atoms with Gasteiger partial charge in [-0.1, -0.05) is 78.9 Å². The minimum Gasteiger partial charge on any atom is -0.255 e. The van der Waals surface area contributed by atoms with Gasteiger partial charge in [0.1, 0.15) is 0 Å². The van der Waals surface area contributed by atoms with Gasteiger partial charge in [-0.2, -0.15) is 0 Å². The molecule has 3 aromatic heterocycles. The Morgan fingerprint density at radius 2 is 1.23 bits per heavy atom. The van der Waals surface area contributed by atoms with Crippen molar-refractivity contribution < 1.29 is 0 Å². The number of hydrogen-bond donors (Lipinski definition) is 0. The maximum Gasteiger partial charge on any atom is 0.0893 e. The van der Waals surface area contributed by atoms with Crippen LogP contribution in [0.1, 0.15) is 22.6 Å². The van der Waals surface area contributed by atoms with Crippen molar-refractivity contribution >= 4 is 22.3 Å². The van der Waals surface area contributed by atoms with E-state index in [-0.39, 0.29) is 5.92 Å². The van der Waals surface area contributed by atoms with E-state index in [1.54, 1.807) is 6.20 Å². The summed E-state index contributed by atoms with van der Waals surface area (Å²) in [5.41, 5.74) is 15.0. The first kappa shape index (κ1) is 23.9. The molecule has 0 saturated heterocycles. The van der Waals surface area contributed by atoms with Crippen LogP contribution in [0.5, 0.6) is 0 Å². The van der Waals surface area contributed by atoms with Crippen LogP contribution in [0.2, 0.25) is 0 Å². The first-order chi connectivity index (χ1) is 21.3. The molecule has 0 spiro atoms. The first-order valence-corrected chi connectivity index (χ1v) is 14.5. The Labute approximate surface area is 249 Å². The fraction of sp³-hybridized carbons (Fsp3) is 0.0256. The zero-order valence-corrected chi connectivity index (χ0v) is 23.1. The number of benzene rings is 4. The molecule has 0 saturated carbocycles. The van der Waals surface area contributed by atoms with Gasteiger partial charge in [-0.05, 0) is 76.9 Å². The molecule has 4 heterocycles. The van der Waals surface area contributed by atoms with Crippen molar-refractivity contribution in [3.8, 4) is 45.0 Å². The molecule has 0 bridgehead atoms. The van der Waals surface area contributed by atoms with Gasteiger partial charge in [-0.15, -0.1) is 0 Å². The van der Waals surface area contributed by atoms with Gasteiger partial charge in [-0.3, -0.25) is 9.98 Å². The van der Waals surface area contributed by atoms with E-state index in [1.807, 2.05) is 30.3 Å². The number of pyridine rings is 3. The first-order valence-electron chi connectivity index (χ1n) is 14.5. The number of nitrogens with zero attached hydrogens (tertiary/aromatic N) is 4. The lowest BCUT2D eigenvalue weighted by atomic mass is 9.74. The van der Waals surface area contributed by atoms with E-state index in [9.17, 15) is 0 Å². The monoisotopic (exact) mass is 548 g/mol. The number of rotatable bonds is 3. The lowest BCUT2D eigenvalue weighted by molar-refractivity contribution is 1.10. The molecular weight excluding hydrogens is 524 g/mol. The Balaban J connectivity index is 1.23. The second-order valence-electron chi connectivity index (χ2n) is 11.1. The van der Waals surface area contributed by atoms with Crippen LogP contribution in [0.25, 0.3) is 55.9 Å². The quantitative estimate of drug-likeness (QED) is 0.221. The fourth-order valence-corrected chi connectivity index (χ4v) is 6.54. The summed E-state index contributed by atoms with van der Waals surface area (Å²) in [5, 5.41) is 1.14. The number of aliphatic imine (C=N–C) groups is 1. The van der Waals surface area contributed by atoms with Crippen LogP contribution in [0.15, 0.2) is 145 Å². The highest BCUT2D eigenvalue weighted by Gasteiger charge is 2.36. The van der Waals surface area contributed by atoms with Gasteiger partial charge in [0.05, 0.1) is 45.6 Å². The Hall–Kier alpha value is -5.74. The molecule has 0 radical (unpaired) electrons. The second-order valence-corrected chi connectivity index (χ2v) is 11.1. The maximum absolute atomic E-state index is 5.17. The van der Waals surface area contributed by atoms with Crippen LogP contribution in [0.4, 0.5) is 5.69 Å². The van der Waals surface area contributed by atoms with Crippen molar-refractivity contribution in [1.82, 2.24) is 15.0 Å². The summed E-state index contributed by atoms with van der Waals surface area (Å²) in [5.74, 6) is 0.105. The van der Waals surface area contributed by atoms with Gasteiger partial charge in [0.15, 0.2) is 0 Å². The van der Waals surface area contributed by atoms with E-state index in [4.69, 9.17) is 15.0 Å². The molecule has 4 heteroatoms. The Bertz CT molecular complexity index is 2250. The van der Waals surface area contributed by atoms with Crippen LogP contribution in [0, 0.1) is 0 Å². The summed E-state index contributed by atoms with van der Waals surface area (Å²) in [6, 6.07) is 46.6. The predicted molar refractivity (Wildman–Crippen MR) is 174 cm³/mol. The summed E-state index contributed by atoms with van der Waals surface area (Å²) in [6.07, 6.45) is 1.80. The fourth-order valence-electron chi connectivity index (χ4n) is 6.54. The highest BCUT2D eigenvalue weighted by atomic mass is 14.8. The highest BCUT2D eigenvalue weighted by Crippen LogP contribution is 2.50. The third-order valence-electron chi connectivity index (χ3n) is 8.58. The molecule has 7 aromatic rings. The van der Waals surface area contributed by atoms with Crippen molar-refractivity contribution in [3.05, 3.63) is 156 Å². The van der Waals surface area contributed by atoms with E-state index < -0.39 is 0 Å². The molecule has 1 aliphatic heterocycles. The number of hydrogen-bond acceptors (Lipinski definition) is 4. The van der Waals surface area contributed by atoms with Gasteiger partial charge in [0.2, 0.25) is 0 Å². The topological polar surface area (TPSA) is 51.0 Å². The largest absolute Gasteiger partial charge is 0.255 e. The molecule has 1 aliphatic carbocycles. The summed E-state index contributed by atoms with van der Waals surface area (Å²) < 4.78 is 0. The molecule has 200 valence electrons. The van der Waals surface area contributed by atoms with Crippen LogP contribution in [-0.2, 0) is 0 Å². The standard InChI is InChI=1S/C39H24N4/c1-3-10-32-24(8-1)17-20-34(41-32)26-15-18-27-30(22-26)31-23-25(33-13-7-14-37(42-33)36-12-5-6-21-40-36)16-19-28(31)39-38(27)29-9-2-4-11-35(29)43-39/h1-23,38H. The second kappa shape index (κ2) is 9.40. The average molecular weight is 549 g/mol.